The molecule has 2 rings (SSSR count). The minimum atomic E-state index is -0.816. The molecule has 112 valence electrons. The molecular formula is C15H20N4O2. The maximum atomic E-state index is 10.5. The fraction of sp³-hybridized carbons (Fsp3) is 0.533. The van der Waals surface area contributed by atoms with E-state index in [-0.39, 0.29) is 6.54 Å². The highest BCUT2D eigenvalue weighted by atomic mass is 16.4. The van der Waals surface area contributed by atoms with Gasteiger partial charge in [0.2, 0.25) is 0 Å². The van der Waals surface area contributed by atoms with Gasteiger partial charge in [0.15, 0.2) is 0 Å². The van der Waals surface area contributed by atoms with E-state index in [1.54, 1.807) is 6.20 Å². The van der Waals surface area contributed by atoms with Gasteiger partial charge in [-0.2, -0.15) is 5.26 Å². The van der Waals surface area contributed by atoms with Crippen molar-refractivity contribution in [3.05, 3.63) is 29.6 Å². The van der Waals surface area contributed by atoms with E-state index in [0.29, 0.717) is 11.6 Å². The number of pyridine rings is 1. The van der Waals surface area contributed by atoms with E-state index in [0.717, 1.165) is 44.6 Å². The Kier molecular flexibility index (Phi) is 5.67. The Morgan fingerprint density at radius 2 is 2.48 bits per heavy atom. The summed E-state index contributed by atoms with van der Waals surface area (Å²) >= 11 is 0. The van der Waals surface area contributed by atoms with Crippen LogP contribution < -0.4 is 5.32 Å². The largest absolute Gasteiger partial charge is 0.480 e. The molecule has 6 nitrogen and oxygen atoms in total. The lowest BCUT2D eigenvalue weighted by atomic mass is 9.97. The van der Waals surface area contributed by atoms with Gasteiger partial charge in [0.25, 0.3) is 0 Å². The van der Waals surface area contributed by atoms with Crippen LogP contribution in [0.5, 0.6) is 0 Å². The number of hydrogen-bond donors (Lipinski definition) is 2. The first-order valence-corrected chi connectivity index (χ1v) is 7.17. The van der Waals surface area contributed by atoms with Crippen LogP contribution in [0.25, 0.3) is 0 Å². The smallest absolute Gasteiger partial charge is 0.317 e. The van der Waals surface area contributed by atoms with Crippen LogP contribution in [-0.4, -0.2) is 47.1 Å². The second kappa shape index (κ2) is 7.72. The van der Waals surface area contributed by atoms with Crippen LogP contribution in [0.1, 0.15) is 24.1 Å². The van der Waals surface area contributed by atoms with Crippen molar-refractivity contribution in [2.45, 2.75) is 19.4 Å². The Morgan fingerprint density at radius 3 is 3.24 bits per heavy atom. The van der Waals surface area contributed by atoms with Crippen LogP contribution >= 0.6 is 0 Å². The first kappa shape index (κ1) is 15.4. The summed E-state index contributed by atoms with van der Waals surface area (Å²) in [4.78, 5) is 16.8. The first-order valence-electron chi connectivity index (χ1n) is 7.17. The van der Waals surface area contributed by atoms with E-state index < -0.39 is 5.97 Å². The van der Waals surface area contributed by atoms with Crippen LogP contribution in [-0.2, 0) is 11.3 Å². The number of rotatable bonds is 6. The third kappa shape index (κ3) is 5.14. The van der Waals surface area contributed by atoms with Gasteiger partial charge >= 0.3 is 5.97 Å². The number of nitriles is 1. The fourth-order valence-corrected chi connectivity index (χ4v) is 2.74. The Balaban J connectivity index is 1.83. The van der Waals surface area contributed by atoms with Gasteiger partial charge in [-0.3, -0.25) is 9.69 Å². The molecule has 0 aromatic carbocycles. The van der Waals surface area contributed by atoms with Crippen molar-refractivity contribution in [3.63, 3.8) is 0 Å². The summed E-state index contributed by atoms with van der Waals surface area (Å²) in [7, 11) is 0. The van der Waals surface area contributed by atoms with Crippen LogP contribution in [0.2, 0.25) is 0 Å². The van der Waals surface area contributed by atoms with E-state index >= 15 is 0 Å². The van der Waals surface area contributed by atoms with Crippen LogP contribution in [0.15, 0.2) is 18.3 Å². The van der Waals surface area contributed by atoms with E-state index in [1.807, 2.05) is 12.1 Å². The Morgan fingerprint density at radius 1 is 1.62 bits per heavy atom. The first-order chi connectivity index (χ1) is 10.2. The van der Waals surface area contributed by atoms with Crippen molar-refractivity contribution >= 4 is 5.97 Å². The fourth-order valence-electron chi connectivity index (χ4n) is 2.74. The SMILES string of the molecule is N#Cc1cc(CN2CCCC(CNCC(=O)O)C2)ccn1. The molecule has 0 saturated carbocycles. The molecule has 1 atom stereocenters. The standard InChI is InChI=1S/C15H20N4O2/c16-7-14-6-12(3-4-18-14)10-19-5-1-2-13(11-19)8-17-9-15(20)21/h3-4,6,13,17H,1-2,5,8-11H2,(H,20,21). The summed E-state index contributed by atoms with van der Waals surface area (Å²) in [5.74, 6) is -0.334. The lowest BCUT2D eigenvalue weighted by molar-refractivity contribution is -0.136. The molecule has 1 unspecified atom stereocenters. The molecular weight excluding hydrogens is 268 g/mol. The van der Waals surface area contributed by atoms with Crippen LogP contribution in [0.3, 0.4) is 0 Å². The minimum Gasteiger partial charge on any atom is -0.480 e. The van der Waals surface area contributed by atoms with Crippen molar-refractivity contribution in [1.82, 2.24) is 15.2 Å². The molecule has 1 aliphatic heterocycles. The van der Waals surface area contributed by atoms with Gasteiger partial charge in [-0.25, -0.2) is 4.98 Å². The molecule has 1 fully saturated rings. The zero-order valence-corrected chi connectivity index (χ0v) is 12.0. The number of aromatic nitrogens is 1. The molecule has 1 aromatic heterocycles. The second-order valence-electron chi connectivity index (χ2n) is 5.43. The van der Waals surface area contributed by atoms with Crippen molar-refractivity contribution in [2.75, 3.05) is 26.2 Å². The number of carboxylic acids is 1. The van der Waals surface area contributed by atoms with Crippen molar-refractivity contribution in [2.24, 2.45) is 5.92 Å². The zero-order chi connectivity index (χ0) is 15.1. The summed E-state index contributed by atoms with van der Waals surface area (Å²) in [6.45, 7) is 3.57. The number of carbonyl (C=O) groups is 1. The Labute approximate surface area is 124 Å². The minimum absolute atomic E-state index is 0.0202. The number of nitrogens with zero attached hydrogens (tertiary/aromatic N) is 3. The average molecular weight is 288 g/mol. The Hall–Kier alpha value is -1.97. The zero-order valence-electron chi connectivity index (χ0n) is 12.0. The Bertz CT molecular complexity index is 527. The van der Waals surface area contributed by atoms with Crippen LogP contribution in [0.4, 0.5) is 0 Å². The maximum Gasteiger partial charge on any atom is 0.317 e. The third-order valence-corrected chi connectivity index (χ3v) is 3.66. The van der Waals surface area contributed by atoms with Gasteiger partial charge < -0.3 is 10.4 Å². The highest BCUT2D eigenvalue weighted by Gasteiger charge is 2.20. The molecule has 2 heterocycles. The lowest BCUT2D eigenvalue weighted by Crippen LogP contribution is -2.40. The molecule has 0 amide bonds. The number of hydrogen-bond acceptors (Lipinski definition) is 5. The van der Waals surface area contributed by atoms with E-state index in [9.17, 15) is 4.79 Å². The predicted molar refractivity (Wildman–Crippen MR) is 77.5 cm³/mol. The van der Waals surface area contributed by atoms with Gasteiger partial charge in [0, 0.05) is 19.3 Å². The molecule has 0 radical (unpaired) electrons. The van der Waals surface area contributed by atoms with Gasteiger partial charge in [0.1, 0.15) is 11.8 Å². The number of piperidine rings is 1. The highest BCUT2D eigenvalue weighted by Crippen LogP contribution is 2.18. The molecule has 6 heteroatoms. The van der Waals surface area contributed by atoms with E-state index in [2.05, 4.69) is 21.3 Å². The molecule has 1 saturated heterocycles. The van der Waals surface area contributed by atoms with E-state index in [4.69, 9.17) is 10.4 Å². The van der Waals surface area contributed by atoms with Gasteiger partial charge in [-0.05, 0) is 49.5 Å². The van der Waals surface area contributed by atoms with Gasteiger partial charge in [-0.15, -0.1) is 0 Å². The molecule has 1 aliphatic rings. The average Bonchev–Trinajstić information content (AvgIpc) is 2.47. The highest BCUT2D eigenvalue weighted by molar-refractivity contribution is 5.68. The number of aliphatic carboxylic acids is 1. The monoisotopic (exact) mass is 288 g/mol. The number of nitrogens with one attached hydrogen (secondary N) is 1. The normalized spacial score (nSPS) is 19.1. The summed E-state index contributed by atoms with van der Waals surface area (Å²) < 4.78 is 0. The summed E-state index contributed by atoms with van der Waals surface area (Å²) in [6, 6.07) is 5.82. The molecule has 0 spiro atoms. The van der Waals surface area contributed by atoms with Crippen molar-refractivity contribution in [3.8, 4) is 6.07 Å². The molecule has 0 aliphatic carbocycles. The van der Waals surface area contributed by atoms with Crippen molar-refractivity contribution < 1.29 is 9.90 Å². The molecule has 2 N–H and O–H groups in total. The summed E-state index contributed by atoms with van der Waals surface area (Å²) in [5.41, 5.74) is 1.55. The van der Waals surface area contributed by atoms with Gasteiger partial charge in [0.05, 0.1) is 6.54 Å². The molecule has 1 aromatic rings. The quantitative estimate of drug-likeness (QED) is 0.806. The number of carboxylic acid groups (broad SMARTS) is 1. The van der Waals surface area contributed by atoms with Crippen LogP contribution in [0, 0.1) is 17.2 Å². The second-order valence-corrected chi connectivity index (χ2v) is 5.43. The van der Waals surface area contributed by atoms with Gasteiger partial charge in [-0.1, -0.05) is 0 Å². The topological polar surface area (TPSA) is 89.2 Å². The predicted octanol–water partition coefficient (Wildman–Crippen LogP) is 0.839. The summed E-state index contributed by atoms with van der Waals surface area (Å²) in [5, 5.41) is 20.5. The number of likely N-dealkylation sites (tertiary alicyclic amines) is 1. The van der Waals surface area contributed by atoms with Crippen molar-refractivity contribution in [1.29, 1.82) is 5.26 Å². The molecule has 0 bridgehead atoms. The lowest BCUT2D eigenvalue weighted by Gasteiger charge is -2.32. The summed E-state index contributed by atoms with van der Waals surface area (Å²) in [6.07, 6.45) is 3.92. The van der Waals surface area contributed by atoms with E-state index in [1.165, 1.54) is 0 Å². The maximum absolute atomic E-state index is 10.5. The third-order valence-electron chi connectivity index (χ3n) is 3.66. The molecule has 21 heavy (non-hydrogen) atoms.